The number of benzene rings is 1. The summed E-state index contributed by atoms with van der Waals surface area (Å²) in [6, 6.07) is 10.1. The summed E-state index contributed by atoms with van der Waals surface area (Å²) in [5.74, 6) is 0.0621. The molecule has 1 amide bonds. The highest BCUT2D eigenvalue weighted by Crippen LogP contribution is 2.14. The van der Waals surface area contributed by atoms with Crippen LogP contribution in [0.2, 0.25) is 0 Å². The fourth-order valence-corrected chi connectivity index (χ4v) is 2.79. The second-order valence-corrected chi connectivity index (χ2v) is 6.12. The van der Waals surface area contributed by atoms with E-state index in [9.17, 15) is 4.79 Å². The van der Waals surface area contributed by atoms with Crippen molar-refractivity contribution in [3.63, 3.8) is 0 Å². The zero-order valence-electron chi connectivity index (χ0n) is 11.7. The molecule has 21 heavy (non-hydrogen) atoms. The first-order valence-corrected chi connectivity index (χ1v) is 7.80. The van der Waals surface area contributed by atoms with Crippen LogP contribution in [0.1, 0.15) is 15.9 Å². The molecule has 1 aliphatic rings. The molecule has 3 rings (SSSR count). The molecular weight excluding hydrogens is 332 g/mol. The minimum absolute atomic E-state index is 0.0621. The molecule has 4 nitrogen and oxygen atoms in total. The van der Waals surface area contributed by atoms with E-state index < -0.39 is 0 Å². The van der Waals surface area contributed by atoms with Crippen molar-refractivity contribution >= 4 is 21.8 Å². The highest BCUT2D eigenvalue weighted by atomic mass is 79.9. The molecule has 0 saturated carbocycles. The average molecular weight is 349 g/mol. The average Bonchev–Trinajstić information content (AvgIpc) is 3.04. The van der Waals surface area contributed by atoms with Gasteiger partial charge in [-0.25, -0.2) is 0 Å². The first kappa shape index (κ1) is 14.4. The first-order valence-electron chi connectivity index (χ1n) is 7.00. The number of furan rings is 1. The summed E-state index contributed by atoms with van der Waals surface area (Å²) < 4.78 is 6.07. The lowest BCUT2D eigenvalue weighted by Gasteiger charge is -2.34. The molecule has 0 radical (unpaired) electrons. The van der Waals surface area contributed by atoms with Gasteiger partial charge in [-0.15, -0.1) is 0 Å². The molecule has 0 N–H and O–H groups in total. The monoisotopic (exact) mass is 348 g/mol. The van der Waals surface area contributed by atoms with E-state index in [0.29, 0.717) is 5.56 Å². The summed E-state index contributed by atoms with van der Waals surface area (Å²) in [6.45, 7) is 4.27. The Labute approximate surface area is 132 Å². The van der Waals surface area contributed by atoms with Crippen LogP contribution in [0, 0.1) is 0 Å². The van der Waals surface area contributed by atoms with Crippen molar-refractivity contribution in [2.45, 2.75) is 6.54 Å². The van der Waals surface area contributed by atoms with E-state index in [2.05, 4.69) is 45.1 Å². The second-order valence-electron chi connectivity index (χ2n) is 5.21. The topological polar surface area (TPSA) is 36.7 Å². The van der Waals surface area contributed by atoms with E-state index in [4.69, 9.17) is 4.42 Å². The lowest BCUT2D eigenvalue weighted by atomic mass is 10.2. The summed E-state index contributed by atoms with van der Waals surface area (Å²) in [5, 5.41) is 0. The van der Waals surface area contributed by atoms with E-state index in [1.807, 2.05) is 4.90 Å². The number of piperazine rings is 1. The molecule has 0 atom stereocenters. The number of amides is 1. The van der Waals surface area contributed by atoms with Crippen molar-refractivity contribution in [1.29, 1.82) is 0 Å². The summed E-state index contributed by atoms with van der Waals surface area (Å²) in [6.07, 6.45) is 3.05. The van der Waals surface area contributed by atoms with Gasteiger partial charge in [0.25, 0.3) is 5.91 Å². The normalized spacial score (nSPS) is 16.1. The minimum Gasteiger partial charge on any atom is -0.472 e. The third-order valence-corrected chi connectivity index (χ3v) is 4.28. The zero-order chi connectivity index (χ0) is 14.7. The fourth-order valence-electron chi connectivity index (χ4n) is 2.53. The Morgan fingerprint density at radius 3 is 2.43 bits per heavy atom. The predicted octanol–water partition coefficient (Wildman–Crippen LogP) is 3.00. The summed E-state index contributed by atoms with van der Waals surface area (Å²) >= 11 is 3.45. The van der Waals surface area contributed by atoms with E-state index in [1.54, 1.807) is 6.07 Å². The van der Waals surface area contributed by atoms with E-state index in [0.717, 1.165) is 37.2 Å². The molecule has 5 heteroatoms. The molecule has 110 valence electrons. The summed E-state index contributed by atoms with van der Waals surface area (Å²) in [4.78, 5) is 16.5. The molecular formula is C16H17BrN2O2. The van der Waals surface area contributed by atoms with Crippen molar-refractivity contribution in [2.24, 2.45) is 0 Å². The Kier molecular flexibility index (Phi) is 4.41. The van der Waals surface area contributed by atoms with Gasteiger partial charge < -0.3 is 9.32 Å². The van der Waals surface area contributed by atoms with Crippen LogP contribution in [0.4, 0.5) is 0 Å². The number of rotatable bonds is 3. The molecule has 2 aromatic rings. The third-order valence-electron chi connectivity index (χ3n) is 3.75. The van der Waals surface area contributed by atoms with Gasteiger partial charge in [0.05, 0.1) is 11.8 Å². The number of hydrogen-bond donors (Lipinski definition) is 0. The third kappa shape index (κ3) is 3.54. The van der Waals surface area contributed by atoms with Crippen LogP contribution in [0.3, 0.4) is 0 Å². The van der Waals surface area contributed by atoms with Crippen molar-refractivity contribution in [1.82, 2.24) is 9.80 Å². The van der Waals surface area contributed by atoms with Crippen LogP contribution < -0.4 is 0 Å². The number of halogens is 1. The van der Waals surface area contributed by atoms with Gasteiger partial charge in [-0.1, -0.05) is 28.1 Å². The van der Waals surface area contributed by atoms with E-state index in [-0.39, 0.29) is 5.91 Å². The van der Waals surface area contributed by atoms with Crippen LogP contribution in [0.25, 0.3) is 0 Å². The van der Waals surface area contributed by atoms with Gasteiger partial charge in [-0.2, -0.15) is 0 Å². The van der Waals surface area contributed by atoms with Crippen LogP contribution in [-0.2, 0) is 6.54 Å². The van der Waals surface area contributed by atoms with Crippen molar-refractivity contribution in [3.8, 4) is 0 Å². The number of hydrogen-bond acceptors (Lipinski definition) is 3. The maximum absolute atomic E-state index is 12.2. The van der Waals surface area contributed by atoms with Gasteiger partial charge in [-0.05, 0) is 23.8 Å². The number of nitrogens with zero attached hydrogens (tertiary/aromatic N) is 2. The fraction of sp³-hybridized carbons (Fsp3) is 0.312. The van der Waals surface area contributed by atoms with Gasteiger partial charge in [0.2, 0.25) is 0 Å². The molecule has 0 unspecified atom stereocenters. The van der Waals surface area contributed by atoms with Gasteiger partial charge in [0.15, 0.2) is 0 Å². The van der Waals surface area contributed by atoms with Crippen molar-refractivity contribution < 1.29 is 9.21 Å². The second kappa shape index (κ2) is 6.45. The Morgan fingerprint density at radius 1 is 1.10 bits per heavy atom. The van der Waals surface area contributed by atoms with Crippen LogP contribution in [0.5, 0.6) is 0 Å². The van der Waals surface area contributed by atoms with Gasteiger partial charge >= 0.3 is 0 Å². The first-order chi connectivity index (χ1) is 10.2. The molecule has 1 saturated heterocycles. The van der Waals surface area contributed by atoms with Gasteiger partial charge in [0.1, 0.15) is 6.26 Å². The Hall–Kier alpha value is -1.59. The summed E-state index contributed by atoms with van der Waals surface area (Å²) in [5.41, 5.74) is 1.93. The lowest BCUT2D eigenvalue weighted by molar-refractivity contribution is 0.0628. The molecule has 2 heterocycles. The number of carbonyl (C=O) groups excluding carboxylic acids is 1. The van der Waals surface area contributed by atoms with E-state index >= 15 is 0 Å². The van der Waals surface area contributed by atoms with Gasteiger partial charge in [0, 0.05) is 37.2 Å². The van der Waals surface area contributed by atoms with Crippen molar-refractivity contribution in [3.05, 3.63) is 58.5 Å². The molecule has 0 bridgehead atoms. The zero-order valence-corrected chi connectivity index (χ0v) is 13.3. The maximum Gasteiger partial charge on any atom is 0.257 e. The highest BCUT2D eigenvalue weighted by molar-refractivity contribution is 9.10. The van der Waals surface area contributed by atoms with Crippen LogP contribution >= 0.6 is 15.9 Å². The molecule has 1 aliphatic heterocycles. The quantitative estimate of drug-likeness (QED) is 0.855. The molecule has 1 fully saturated rings. The minimum atomic E-state index is 0.0621. The molecule has 0 spiro atoms. The standard InChI is InChI=1S/C16H17BrN2O2/c17-15-3-1-13(2-4-15)11-18-6-8-19(9-7-18)16(20)14-5-10-21-12-14/h1-5,10,12H,6-9,11H2. The van der Waals surface area contributed by atoms with Crippen molar-refractivity contribution in [2.75, 3.05) is 26.2 Å². The SMILES string of the molecule is O=C(c1ccoc1)N1CCN(Cc2ccc(Br)cc2)CC1. The smallest absolute Gasteiger partial charge is 0.257 e. The summed E-state index contributed by atoms with van der Waals surface area (Å²) in [7, 11) is 0. The molecule has 1 aromatic carbocycles. The van der Waals surface area contributed by atoms with Crippen LogP contribution in [0.15, 0.2) is 51.7 Å². The lowest BCUT2D eigenvalue weighted by Crippen LogP contribution is -2.48. The molecule has 0 aliphatic carbocycles. The molecule has 1 aromatic heterocycles. The number of carbonyl (C=O) groups is 1. The highest BCUT2D eigenvalue weighted by Gasteiger charge is 2.22. The van der Waals surface area contributed by atoms with E-state index in [1.165, 1.54) is 18.1 Å². The Balaban J connectivity index is 1.53. The maximum atomic E-state index is 12.2. The Morgan fingerprint density at radius 2 is 1.81 bits per heavy atom. The Bertz CT molecular complexity index is 587. The van der Waals surface area contributed by atoms with Crippen LogP contribution in [-0.4, -0.2) is 41.9 Å². The predicted molar refractivity (Wildman–Crippen MR) is 84.0 cm³/mol. The van der Waals surface area contributed by atoms with Gasteiger partial charge in [-0.3, -0.25) is 9.69 Å². The largest absolute Gasteiger partial charge is 0.472 e.